The third-order valence-electron chi connectivity index (χ3n) is 2.82. The molecule has 20 heavy (non-hydrogen) atoms. The smallest absolute Gasteiger partial charge is 0.189 e. The summed E-state index contributed by atoms with van der Waals surface area (Å²) < 4.78 is 4.95. The van der Waals surface area contributed by atoms with E-state index >= 15 is 0 Å². The lowest BCUT2D eigenvalue weighted by Crippen LogP contribution is -1.95. The summed E-state index contributed by atoms with van der Waals surface area (Å²) in [6.07, 6.45) is 2.80. The maximum Gasteiger partial charge on any atom is 0.189 e. The van der Waals surface area contributed by atoms with Crippen molar-refractivity contribution in [1.29, 1.82) is 0 Å². The molecule has 0 unspecified atom stereocenters. The predicted octanol–water partition coefficient (Wildman–Crippen LogP) is 3.00. The fraction of sp³-hybridized carbons (Fsp3) is 0.0625. The summed E-state index contributed by atoms with van der Waals surface area (Å²) in [4.78, 5) is 12.0. The first kappa shape index (κ1) is 13.7. The Morgan fingerprint density at radius 3 is 2.50 bits per heavy atom. The van der Waals surface area contributed by atoms with Crippen LogP contribution in [-0.4, -0.2) is 23.1 Å². The molecule has 0 fully saturated rings. The van der Waals surface area contributed by atoms with E-state index in [9.17, 15) is 15.0 Å². The molecule has 0 amide bonds. The minimum atomic E-state index is -0.353. The first-order chi connectivity index (χ1) is 9.61. The van der Waals surface area contributed by atoms with Gasteiger partial charge in [0.1, 0.15) is 17.2 Å². The number of methoxy groups -OCH3 is 1. The standard InChI is InChI=1S/C16H14O4/c1-20-12-7-8-13(16(19)10-12)15(18)9-6-11-4-2-3-5-14(11)17/h2-10,17,19H,1H3. The topological polar surface area (TPSA) is 66.8 Å². The van der Waals surface area contributed by atoms with E-state index in [1.807, 2.05) is 0 Å². The highest BCUT2D eigenvalue weighted by Gasteiger charge is 2.09. The van der Waals surface area contributed by atoms with Gasteiger partial charge in [-0.05, 0) is 30.4 Å². The van der Waals surface area contributed by atoms with Crippen molar-refractivity contribution in [2.24, 2.45) is 0 Å². The SMILES string of the molecule is COc1ccc(C(=O)C=Cc2ccccc2O)c(O)c1. The third-order valence-corrected chi connectivity index (χ3v) is 2.82. The predicted molar refractivity (Wildman–Crippen MR) is 76.1 cm³/mol. The van der Waals surface area contributed by atoms with Crippen LogP contribution in [0.2, 0.25) is 0 Å². The molecule has 0 aliphatic carbocycles. The number of phenols is 2. The third kappa shape index (κ3) is 2.98. The number of para-hydroxylation sites is 1. The number of hydrogen-bond donors (Lipinski definition) is 2. The van der Waals surface area contributed by atoms with Crippen LogP contribution in [0.4, 0.5) is 0 Å². The quantitative estimate of drug-likeness (QED) is 0.662. The number of benzene rings is 2. The first-order valence-electron chi connectivity index (χ1n) is 5.99. The average molecular weight is 270 g/mol. The maximum absolute atomic E-state index is 12.0. The van der Waals surface area contributed by atoms with Crippen molar-refractivity contribution in [1.82, 2.24) is 0 Å². The molecule has 0 spiro atoms. The number of hydrogen-bond acceptors (Lipinski definition) is 4. The maximum atomic E-state index is 12.0. The lowest BCUT2D eigenvalue weighted by atomic mass is 10.1. The van der Waals surface area contributed by atoms with Crippen molar-refractivity contribution in [2.75, 3.05) is 7.11 Å². The number of phenolic OH excluding ortho intramolecular Hbond substituents is 2. The minimum absolute atomic E-state index is 0.0931. The van der Waals surface area contributed by atoms with Gasteiger partial charge in [0.15, 0.2) is 5.78 Å². The molecule has 0 saturated heterocycles. The van der Waals surface area contributed by atoms with Gasteiger partial charge in [0, 0.05) is 11.6 Å². The van der Waals surface area contributed by atoms with E-state index in [0.717, 1.165) is 0 Å². The van der Waals surface area contributed by atoms with Crippen molar-refractivity contribution in [3.63, 3.8) is 0 Å². The van der Waals surface area contributed by atoms with Crippen LogP contribution in [0.5, 0.6) is 17.2 Å². The number of ether oxygens (including phenoxy) is 1. The summed E-state index contributed by atoms with van der Waals surface area (Å²) in [5, 5.41) is 19.3. The molecule has 102 valence electrons. The summed E-state index contributed by atoms with van der Waals surface area (Å²) in [5.74, 6) is 0.0731. The number of allylic oxidation sites excluding steroid dienone is 1. The Labute approximate surface area is 116 Å². The highest BCUT2D eigenvalue weighted by Crippen LogP contribution is 2.24. The number of carbonyl (C=O) groups is 1. The van der Waals surface area contributed by atoms with E-state index in [0.29, 0.717) is 11.3 Å². The van der Waals surface area contributed by atoms with Crippen LogP contribution in [-0.2, 0) is 0 Å². The lowest BCUT2D eigenvalue weighted by Gasteiger charge is -2.04. The van der Waals surface area contributed by atoms with Crippen molar-refractivity contribution in [3.05, 3.63) is 59.7 Å². The van der Waals surface area contributed by atoms with Crippen LogP contribution in [0.3, 0.4) is 0 Å². The minimum Gasteiger partial charge on any atom is -0.507 e. The number of aromatic hydroxyl groups is 2. The second-order valence-corrected chi connectivity index (χ2v) is 4.14. The molecule has 2 aromatic rings. The molecule has 2 aromatic carbocycles. The van der Waals surface area contributed by atoms with Crippen LogP contribution in [0.25, 0.3) is 6.08 Å². The van der Waals surface area contributed by atoms with E-state index in [1.54, 1.807) is 24.3 Å². The average Bonchev–Trinajstić information content (AvgIpc) is 2.46. The Morgan fingerprint density at radius 2 is 1.85 bits per heavy atom. The fourth-order valence-electron chi connectivity index (χ4n) is 1.73. The summed E-state index contributed by atoms with van der Waals surface area (Å²) in [6.45, 7) is 0. The molecule has 2 N–H and O–H groups in total. The largest absolute Gasteiger partial charge is 0.507 e. The second-order valence-electron chi connectivity index (χ2n) is 4.14. The van der Waals surface area contributed by atoms with Crippen LogP contribution in [0.1, 0.15) is 15.9 Å². The fourth-order valence-corrected chi connectivity index (χ4v) is 1.73. The molecular formula is C16H14O4. The van der Waals surface area contributed by atoms with E-state index in [2.05, 4.69) is 0 Å². The first-order valence-corrected chi connectivity index (χ1v) is 5.99. The molecule has 0 bridgehead atoms. The molecule has 2 rings (SSSR count). The summed E-state index contributed by atoms with van der Waals surface area (Å²) >= 11 is 0. The Morgan fingerprint density at radius 1 is 1.10 bits per heavy atom. The molecule has 4 heteroatoms. The highest BCUT2D eigenvalue weighted by atomic mass is 16.5. The highest BCUT2D eigenvalue weighted by molar-refractivity contribution is 6.08. The van der Waals surface area contributed by atoms with Crippen molar-refractivity contribution >= 4 is 11.9 Å². The Balaban J connectivity index is 2.22. The van der Waals surface area contributed by atoms with Gasteiger partial charge in [-0.15, -0.1) is 0 Å². The van der Waals surface area contributed by atoms with Gasteiger partial charge in [0.25, 0.3) is 0 Å². The van der Waals surface area contributed by atoms with Gasteiger partial charge < -0.3 is 14.9 Å². The zero-order valence-corrected chi connectivity index (χ0v) is 10.9. The summed E-state index contributed by atoms with van der Waals surface area (Å²) in [6, 6.07) is 11.1. The van der Waals surface area contributed by atoms with Crippen LogP contribution in [0.15, 0.2) is 48.5 Å². The van der Waals surface area contributed by atoms with E-state index < -0.39 is 0 Å². The zero-order valence-electron chi connectivity index (χ0n) is 10.9. The zero-order chi connectivity index (χ0) is 14.5. The Kier molecular flexibility index (Phi) is 4.05. The summed E-state index contributed by atoms with van der Waals surface area (Å²) in [5.41, 5.74) is 0.714. The van der Waals surface area contributed by atoms with E-state index in [4.69, 9.17) is 4.74 Å². The van der Waals surface area contributed by atoms with E-state index in [-0.39, 0.29) is 22.8 Å². The van der Waals surface area contributed by atoms with Crippen molar-refractivity contribution < 1.29 is 19.7 Å². The van der Waals surface area contributed by atoms with Gasteiger partial charge in [0.05, 0.1) is 12.7 Å². The van der Waals surface area contributed by atoms with Gasteiger partial charge >= 0.3 is 0 Å². The van der Waals surface area contributed by atoms with Gasteiger partial charge in [-0.3, -0.25) is 4.79 Å². The number of ketones is 1. The molecular weight excluding hydrogens is 256 g/mol. The molecule has 0 heterocycles. The van der Waals surface area contributed by atoms with Crippen molar-refractivity contribution in [3.8, 4) is 17.2 Å². The number of rotatable bonds is 4. The van der Waals surface area contributed by atoms with Gasteiger partial charge in [-0.1, -0.05) is 18.2 Å². The summed E-state index contributed by atoms with van der Waals surface area (Å²) in [7, 11) is 1.48. The van der Waals surface area contributed by atoms with Crippen LogP contribution >= 0.6 is 0 Å². The van der Waals surface area contributed by atoms with Gasteiger partial charge in [-0.2, -0.15) is 0 Å². The molecule has 0 aliphatic heterocycles. The Bertz CT molecular complexity index is 659. The van der Waals surface area contributed by atoms with Gasteiger partial charge in [-0.25, -0.2) is 0 Å². The molecule has 0 saturated carbocycles. The molecule has 0 aromatic heterocycles. The van der Waals surface area contributed by atoms with Crippen LogP contribution in [0, 0.1) is 0 Å². The molecule has 0 atom stereocenters. The molecule has 4 nitrogen and oxygen atoms in total. The van der Waals surface area contributed by atoms with Gasteiger partial charge in [0.2, 0.25) is 0 Å². The molecule has 0 aliphatic rings. The monoisotopic (exact) mass is 270 g/mol. The normalized spacial score (nSPS) is 10.7. The second kappa shape index (κ2) is 5.93. The van der Waals surface area contributed by atoms with E-state index in [1.165, 1.54) is 37.5 Å². The van der Waals surface area contributed by atoms with Crippen molar-refractivity contribution in [2.45, 2.75) is 0 Å². The van der Waals surface area contributed by atoms with Crippen LogP contribution < -0.4 is 4.74 Å². The molecule has 0 radical (unpaired) electrons. The Hall–Kier alpha value is -2.75. The number of carbonyl (C=O) groups excluding carboxylic acids is 1. The lowest BCUT2D eigenvalue weighted by molar-refractivity contribution is 0.104.